The Kier molecular flexibility index (Phi) is 6.04. The van der Waals surface area contributed by atoms with Gasteiger partial charge in [-0.25, -0.2) is 8.42 Å². The van der Waals surface area contributed by atoms with E-state index < -0.39 is 10.0 Å². The summed E-state index contributed by atoms with van der Waals surface area (Å²) in [6.07, 6.45) is 1.59. The molecule has 8 nitrogen and oxygen atoms in total. The summed E-state index contributed by atoms with van der Waals surface area (Å²) in [6.45, 7) is 3.60. The third-order valence-electron chi connectivity index (χ3n) is 4.18. The Hall–Kier alpha value is -2.49. The van der Waals surface area contributed by atoms with E-state index in [0.717, 1.165) is 5.56 Å². The van der Waals surface area contributed by atoms with Crippen molar-refractivity contribution >= 4 is 27.9 Å². The van der Waals surface area contributed by atoms with E-state index in [-0.39, 0.29) is 12.5 Å². The minimum Gasteiger partial charge on any atom is -0.338 e. The van der Waals surface area contributed by atoms with Crippen molar-refractivity contribution in [3.63, 3.8) is 0 Å². The van der Waals surface area contributed by atoms with Crippen LogP contribution in [-0.4, -0.2) is 61.4 Å². The number of sulfonamides is 1. The van der Waals surface area contributed by atoms with Crippen LogP contribution in [0.5, 0.6) is 0 Å². The van der Waals surface area contributed by atoms with Crippen molar-refractivity contribution < 1.29 is 17.7 Å². The number of anilines is 1. The van der Waals surface area contributed by atoms with Gasteiger partial charge in [-0.2, -0.15) is 4.31 Å². The molecule has 27 heavy (non-hydrogen) atoms. The van der Waals surface area contributed by atoms with Crippen molar-refractivity contribution in [3.8, 4) is 0 Å². The second-order valence-corrected chi connectivity index (χ2v) is 8.13. The normalized spacial score (nSPS) is 16.6. The van der Waals surface area contributed by atoms with Crippen LogP contribution in [0.15, 0.2) is 46.3 Å². The summed E-state index contributed by atoms with van der Waals surface area (Å²) in [5.41, 5.74) is 1.52. The zero-order valence-corrected chi connectivity index (χ0v) is 15.9. The van der Waals surface area contributed by atoms with Gasteiger partial charge in [0.15, 0.2) is 0 Å². The van der Waals surface area contributed by atoms with Crippen LogP contribution >= 0.6 is 0 Å². The third-order valence-corrected chi connectivity index (χ3v) is 5.75. The van der Waals surface area contributed by atoms with Gasteiger partial charge in [-0.1, -0.05) is 35.5 Å². The standard InChI is InChI=1S/C18H22N4O4S/c1-15-13-18(26-20-15)19-17(23)14-21-8-10-22(11-9-21)27(24,25)12-7-16-5-3-2-4-6-16/h2-7,12-13H,8-11,14H2,1H3,(H,19,23). The number of benzene rings is 1. The summed E-state index contributed by atoms with van der Waals surface area (Å²) in [5.74, 6) is 0.0937. The van der Waals surface area contributed by atoms with E-state index in [4.69, 9.17) is 4.52 Å². The van der Waals surface area contributed by atoms with Crippen LogP contribution < -0.4 is 5.32 Å². The van der Waals surface area contributed by atoms with Gasteiger partial charge in [0.05, 0.1) is 12.2 Å². The Labute approximate surface area is 158 Å². The molecule has 1 aliphatic heterocycles. The number of nitrogens with zero attached hydrogens (tertiary/aromatic N) is 3. The lowest BCUT2D eigenvalue weighted by molar-refractivity contribution is -0.117. The van der Waals surface area contributed by atoms with Crippen molar-refractivity contribution in [1.82, 2.24) is 14.4 Å². The van der Waals surface area contributed by atoms with E-state index in [1.807, 2.05) is 35.2 Å². The molecule has 0 saturated carbocycles. The number of piperazine rings is 1. The molecule has 0 unspecified atom stereocenters. The number of hydrogen-bond acceptors (Lipinski definition) is 6. The number of carbonyl (C=O) groups is 1. The summed E-state index contributed by atoms with van der Waals surface area (Å²) in [4.78, 5) is 14.0. The maximum atomic E-state index is 12.5. The lowest BCUT2D eigenvalue weighted by atomic mass is 10.2. The molecule has 1 fully saturated rings. The molecule has 1 N–H and O–H groups in total. The third kappa shape index (κ3) is 5.49. The number of aryl methyl sites for hydroxylation is 1. The van der Waals surface area contributed by atoms with Crippen LogP contribution in [0.1, 0.15) is 11.3 Å². The van der Waals surface area contributed by atoms with Gasteiger partial charge in [0.25, 0.3) is 0 Å². The molecule has 0 radical (unpaired) electrons. The Morgan fingerprint density at radius 1 is 1.22 bits per heavy atom. The minimum atomic E-state index is -3.48. The fourth-order valence-corrected chi connectivity index (χ4v) is 3.93. The number of rotatable bonds is 6. The first-order valence-electron chi connectivity index (χ1n) is 8.61. The molecule has 0 aliphatic carbocycles. The van der Waals surface area contributed by atoms with Gasteiger partial charge < -0.3 is 4.52 Å². The number of amides is 1. The van der Waals surface area contributed by atoms with E-state index in [9.17, 15) is 13.2 Å². The highest BCUT2D eigenvalue weighted by Crippen LogP contribution is 2.12. The van der Waals surface area contributed by atoms with Crippen molar-refractivity contribution in [2.75, 3.05) is 38.0 Å². The van der Waals surface area contributed by atoms with Crippen molar-refractivity contribution in [1.29, 1.82) is 0 Å². The van der Waals surface area contributed by atoms with E-state index in [1.54, 1.807) is 19.1 Å². The molecule has 1 aromatic heterocycles. The zero-order valence-electron chi connectivity index (χ0n) is 15.0. The average Bonchev–Trinajstić information content (AvgIpc) is 3.06. The Balaban J connectivity index is 1.49. The maximum Gasteiger partial charge on any atom is 0.240 e. The maximum absolute atomic E-state index is 12.5. The van der Waals surface area contributed by atoms with Crippen molar-refractivity contribution in [3.05, 3.63) is 53.1 Å². The van der Waals surface area contributed by atoms with Crippen LogP contribution in [-0.2, 0) is 14.8 Å². The van der Waals surface area contributed by atoms with Crippen LogP contribution in [0.25, 0.3) is 6.08 Å². The molecule has 1 amide bonds. The highest BCUT2D eigenvalue weighted by molar-refractivity contribution is 7.92. The average molecular weight is 390 g/mol. The van der Waals surface area contributed by atoms with Gasteiger partial charge in [0.2, 0.25) is 21.8 Å². The zero-order chi connectivity index (χ0) is 19.3. The van der Waals surface area contributed by atoms with Gasteiger partial charge in [0.1, 0.15) is 0 Å². The first-order chi connectivity index (χ1) is 12.9. The molecule has 0 atom stereocenters. The number of hydrogen-bond donors (Lipinski definition) is 1. The smallest absolute Gasteiger partial charge is 0.240 e. The predicted octanol–water partition coefficient (Wildman–Crippen LogP) is 1.54. The van der Waals surface area contributed by atoms with Gasteiger partial charge in [-0.3, -0.25) is 15.0 Å². The first-order valence-corrected chi connectivity index (χ1v) is 10.1. The van der Waals surface area contributed by atoms with Crippen molar-refractivity contribution in [2.24, 2.45) is 0 Å². The van der Waals surface area contributed by atoms with Gasteiger partial charge in [0, 0.05) is 37.7 Å². The van der Waals surface area contributed by atoms with Crippen molar-refractivity contribution in [2.45, 2.75) is 6.92 Å². The van der Waals surface area contributed by atoms with Crippen LogP contribution in [0.3, 0.4) is 0 Å². The summed E-state index contributed by atoms with van der Waals surface area (Å²) in [6, 6.07) is 10.9. The topological polar surface area (TPSA) is 95.8 Å². The molecular weight excluding hydrogens is 368 g/mol. The monoisotopic (exact) mass is 390 g/mol. The number of aromatic nitrogens is 1. The Bertz CT molecular complexity index is 900. The molecule has 2 heterocycles. The van der Waals surface area contributed by atoms with Crippen LogP contribution in [0, 0.1) is 6.92 Å². The summed E-state index contributed by atoms with van der Waals surface area (Å²) >= 11 is 0. The molecule has 1 aromatic carbocycles. The summed E-state index contributed by atoms with van der Waals surface area (Å²) in [5, 5.41) is 7.58. The molecule has 0 bridgehead atoms. The van der Waals surface area contributed by atoms with Crippen LogP contribution in [0.2, 0.25) is 0 Å². The fourth-order valence-electron chi connectivity index (χ4n) is 2.76. The van der Waals surface area contributed by atoms with Gasteiger partial charge in [-0.05, 0) is 18.6 Å². The molecule has 2 aromatic rings. The quantitative estimate of drug-likeness (QED) is 0.804. The largest absolute Gasteiger partial charge is 0.338 e. The second-order valence-electron chi connectivity index (χ2n) is 6.31. The summed E-state index contributed by atoms with van der Waals surface area (Å²) in [7, 11) is -3.48. The SMILES string of the molecule is Cc1cc(NC(=O)CN2CCN(S(=O)(=O)C=Cc3ccccc3)CC2)on1. The molecule has 0 spiro atoms. The van der Waals surface area contributed by atoms with E-state index >= 15 is 0 Å². The molecule has 1 saturated heterocycles. The fraction of sp³-hybridized carbons (Fsp3) is 0.333. The highest BCUT2D eigenvalue weighted by atomic mass is 32.2. The molecular formula is C18H22N4O4S. The Morgan fingerprint density at radius 3 is 2.56 bits per heavy atom. The molecule has 9 heteroatoms. The second kappa shape index (κ2) is 8.47. The minimum absolute atomic E-state index is 0.174. The summed E-state index contributed by atoms with van der Waals surface area (Å²) < 4.78 is 31.3. The number of nitrogens with one attached hydrogen (secondary N) is 1. The Morgan fingerprint density at radius 2 is 1.93 bits per heavy atom. The van der Waals surface area contributed by atoms with Gasteiger partial charge >= 0.3 is 0 Å². The van der Waals surface area contributed by atoms with E-state index in [0.29, 0.717) is 37.8 Å². The van der Waals surface area contributed by atoms with E-state index in [2.05, 4.69) is 10.5 Å². The van der Waals surface area contributed by atoms with E-state index in [1.165, 1.54) is 9.71 Å². The lowest BCUT2D eigenvalue weighted by Crippen LogP contribution is -2.49. The molecule has 3 rings (SSSR count). The molecule has 144 valence electrons. The highest BCUT2D eigenvalue weighted by Gasteiger charge is 2.26. The number of carbonyl (C=O) groups excluding carboxylic acids is 1. The van der Waals surface area contributed by atoms with Crippen LogP contribution in [0.4, 0.5) is 5.88 Å². The predicted molar refractivity (Wildman–Crippen MR) is 102 cm³/mol. The van der Waals surface area contributed by atoms with Gasteiger partial charge in [-0.15, -0.1) is 0 Å². The lowest BCUT2D eigenvalue weighted by Gasteiger charge is -2.32. The first kappa shape index (κ1) is 19.3. The molecule has 1 aliphatic rings.